The standard InChI is InChI=1S/C15H23N3O/c1-18(12-14-8-5-9-16-10-14)15(19)17-11-13-6-3-2-4-7-13/h2-4,6-7,14,16H,5,8-12H2,1H3,(H,17,19). The van der Waals surface area contributed by atoms with Crippen LogP contribution in [0.5, 0.6) is 0 Å². The number of rotatable bonds is 4. The second-order valence-corrected chi connectivity index (χ2v) is 5.24. The second-order valence-electron chi connectivity index (χ2n) is 5.24. The molecule has 1 heterocycles. The quantitative estimate of drug-likeness (QED) is 0.868. The Bertz CT molecular complexity index is 388. The van der Waals surface area contributed by atoms with Crippen LogP contribution in [0, 0.1) is 5.92 Å². The Morgan fingerprint density at radius 1 is 1.42 bits per heavy atom. The van der Waals surface area contributed by atoms with Gasteiger partial charge in [0.15, 0.2) is 0 Å². The van der Waals surface area contributed by atoms with Gasteiger partial charge in [0.05, 0.1) is 0 Å². The van der Waals surface area contributed by atoms with Crippen molar-refractivity contribution in [1.29, 1.82) is 0 Å². The number of carbonyl (C=O) groups is 1. The summed E-state index contributed by atoms with van der Waals surface area (Å²) in [6, 6.07) is 10.00. The summed E-state index contributed by atoms with van der Waals surface area (Å²) >= 11 is 0. The fourth-order valence-corrected chi connectivity index (χ4v) is 2.46. The van der Waals surface area contributed by atoms with Crippen LogP contribution in [0.3, 0.4) is 0 Å². The van der Waals surface area contributed by atoms with Crippen molar-refractivity contribution in [2.45, 2.75) is 19.4 Å². The molecule has 1 aliphatic rings. The SMILES string of the molecule is CN(CC1CCCNC1)C(=O)NCc1ccccc1. The maximum absolute atomic E-state index is 12.0. The molecule has 0 spiro atoms. The van der Waals surface area contributed by atoms with E-state index >= 15 is 0 Å². The number of amides is 2. The van der Waals surface area contributed by atoms with Crippen LogP contribution in [0.25, 0.3) is 0 Å². The molecule has 104 valence electrons. The average molecular weight is 261 g/mol. The third-order valence-corrected chi connectivity index (χ3v) is 3.56. The van der Waals surface area contributed by atoms with Crippen LogP contribution in [0.2, 0.25) is 0 Å². The lowest BCUT2D eigenvalue weighted by Gasteiger charge is -2.27. The third-order valence-electron chi connectivity index (χ3n) is 3.56. The lowest BCUT2D eigenvalue weighted by molar-refractivity contribution is 0.194. The Kier molecular flexibility index (Phi) is 5.21. The zero-order valence-electron chi connectivity index (χ0n) is 11.6. The minimum Gasteiger partial charge on any atom is -0.334 e. The molecule has 4 heteroatoms. The van der Waals surface area contributed by atoms with Crippen molar-refractivity contribution in [2.75, 3.05) is 26.7 Å². The van der Waals surface area contributed by atoms with Gasteiger partial charge in [0.2, 0.25) is 0 Å². The molecule has 19 heavy (non-hydrogen) atoms. The second kappa shape index (κ2) is 7.14. The Balaban J connectivity index is 1.72. The molecule has 0 bridgehead atoms. The number of urea groups is 1. The number of hydrogen-bond acceptors (Lipinski definition) is 2. The maximum atomic E-state index is 12.0. The van der Waals surface area contributed by atoms with E-state index in [2.05, 4.69) is 10.6 Å². The molecule has 4 nitrogen and oxygen atoms in total. The summed E-state index contributed by atoms with van der Waals surface area (Å²) < 4.78 is 0. The van der Waals surface area contributed by atoms with E-state index in [0.717, 1.165) is 25.2 Å². The van der Waals surface area contributed by atoms with Crippen molar-refractivity contribution in [3.63, 3.8) is 0 Å². The molecule has 0 aromatic heterocycles. The van der Waals surface area contributed by atoms with E-state index in [1.54, 1.807) is 4.90 Å². The predicted octanol–water partition coefficient (Wildman–Crippen LogP) is 1.83. The van der Waals surface area contributed by atoms with Gasteiger partial charge < -0.3 is 15.5 Å². The van der Waals surface area contributed by atoms with E-state index in [4.69, 9.17) is 0 Å². The summed E-state index contributed by atoms with van der Waals surface area (Å²) in [5.41, 5.74) is 1.13. The van der Waals surface area contributed by atoms with Gasteiger partial charge in [0.25, 0.3) is 0 Å². The van der Waals surface area contributed by atoms with Gasteiger partial charge in [-0.3, -0.25) is 0 Å². The van der Waals surface area contributed by atoms with Gasteiger partial charge in [-0.1, -0.05) is 30.3 Å². The highest BCUT2D eigenvalue weighted by Gasteiger charge is 2.17. The fourth-order valence-electron chi connectivity index (χ4n) is 2.46. The number of nitrogens with zero attached hydrogens (tertiary/aromatic N) is 1. The summed E-state index contributed by atoms with van der Waals surface area (Å²) in [6.45, 7) is 3.55. The van der Waals surface area contributed by atoms with E-state index in [0.29, 0.717) is 12.5 Å². The van der Waals surface area contributed by atoms with E-state index in [-0.39, 0.29) is 6.03 Å². The van der Waals surface area contributed by atoms with Crippen LogP contribution in [-0.4, -0.2) is 37.6 Å². The molecule has 1 saturated heterocycles. The average Bonchev–Trinajstić information content (AvgIpc) is 2.47. The van der Waals surface area contributed by atoms with Gasteiger partial charge in [0.1, 0.15) is 0 Å². The van der Waals surface area contributed by atoms with Crippen LogP contribution in [0.15, 0.2) is 30.3 Å². The first kappa shape index (κ1) is 13.9. The Morgan fingerprint density at radius 3 is 2.89 bits per heavy atom. The minimum atomic E-state index is 0.00873. The molecule has 0 aliphatic carbocycles. The zero-order chi connectivity index (χ0) is 13.5. The third kappa shape index (κ3) is 4.56. The van der Waals surface area contributed by atoms with Crippen LogP contribution >= 0.6 is 0 Å². The molecule has 2 N–H and O–H groups in total. The first-order valence-electron chi connectivity index (χ1n) is 6.99. The maximum Gasteiger partial charge on any atom is 0.317 e. The molecular weight excluding hydrogens is 238 g/mol. The number of piperidine rings is 1. The van der Waals surface area contributed by atoms with Crippen molar-refractivity contribution in [3.05, 3.63) is 35.9 Å². The summed E-state index contributed by atoms with van der Waals surface area (Å²) in [6.07, 6.45) is 2.42. The van der Waals surface area contributed by atoms with Gasteiger partial charge in [-0.05, 0) is 37.4 Å². The lowest BCUT2D eigenvalue weighted by atomic mass is 9.99. The van der Waals surface area contributed by atoms with Gasteiger partial charge in [-0.15, -0.1) is 0 Å². The number of carbonyl (C=O) groups excluding carboxylic acids is 1. The van der Waals surface area contributed by atoms with Gasteiger partial charge in [-0.25, -0.2) is 4.79 Å². The van der Waals surface area contributed by atoms with Gasteiger partial charge in [-0.2, -0.15) is 0 Å². The smallest absolute Gasteiger partial charge is 0.317 e. The van der Waals surface area contributed by atoms with Crippen LogP contribution in [0.1, 0.15) is 18.4 Å². The largest absolute Gasteiger partial charge is 0.334 e. The Labute approximate surface area is 115 Å². The van der Waals surface area contributed by atoms with Gasteiger partial charge in [0, 0.05) is 20.1 Å². The number of hydrogen-bond donors (Lipinski definition) is 2. The molecule has 2 rings (SSSR count). The van der Waals surface area contributed by atoms with Crippen molar-refractivity contribution in [3.8, 4) is 0 Å². The highest BCUT2D eigenvalue weighted by atomic mass is 16.2. The minimum absolute atomic E-state index is 0.00873. The molecule has 0 saturated carbocycles. The molecule has 2 amide bonds. The number of benzene rings is 1. The van der Waals surface area contributed by atoms with Crippen LogP contribution in [-0.2, 0) is 6.54 Å². The van der Waals surface area contributed by atoms with Crippen molar-refractivity contribution in [1.82, 2.24) is 15.5 Å². The highest BCUT2D eigenvalue weighted by Crippen LogP contribution is 2.11. The summed E-state index contributed by atoms with van der Waals surface area (Å²) in [4.78, 5) is 13.8. The first-order valence-corrected chi connectivity index (χ1v) is 6.99. The van der Waals surface area contributed by atoms with Crippen molar-refractivity contribution >= 4 is 6.03 Å². The molecule has 1 aliphatic heterocycles. The van der Waals surface area contributed by atoms with Crippen molar-refractivity contribution in [2.24, 2.45) is 5.92 Å². The normalized spacial score (nSPS) is 18.9. The topological polar surface area (TPSA) is 44.4 Å². The molecule has 1 aromatic rings. The van der Waals surface area contributed by atoms with E-state index < -0.39 is 0 Å². The summed E-state index contributed by atoms with van der Waals surface area (Å²) in [5.74, 6) is 0.584. The van der Waals surface area contributed by atoms with E-state index in [9.17, 15) is 4.79 Å². The molecule has 0 radical (unpaired) electrons. The monoisotopic (exact) mass is 261 g/mol. The number of nitrogens with one attached hydrogen (secondary N) is 2. The Hall–Kier alpha value is -1.55. The van der Waals surface area contributed by atoms with Gasteiger partial charge >= 0.3 is 6.03 Å². The first-order chi connectivity index (χ1) is 9.25. The zero-order valence-corrected chi connectivity index (χ0v) is 11.6. The Morgan fingerprint density at radius 2 is 2.21 bits per heavy atom. The molecule has 1 unspecified atom stereocenters. The van der Waals surface area contributed by atoms with Crippen LogP contribution in [0.4, 0.5) is 4.79 Å². The van der Waals surface area contributed by atoms with Crippen LogP contribution < -0.4 is 10.6 Å². The summed E-state index contributed by atoms with van der Waals surface area (Å²) in [7, 11) is 1.87. The predicted molar refractivity (Wildman–Crippen MR) is 76.9 cm³/mol. The molecule has 1 aromatic carbocycles. The molecule has 1 atom stereocenters. The molecule has 1 fully saturated rings. The van der Waals surface area contributed by atoms with E-state index in [1.165, 1.54) is 12.8 Å². The summed E-state index contributed by atoms with van der Waals surface area (Å²) in [5, 5.41) is 6.33. The highest BCUT2D eigenvalue weighted by molar-refractivity contribution is 5.73. The van der Waals surface area contributed by atoms with E-state index in [1.807, 2.05) is 37.4 Å². The lowest BCUT2D eigenvalue weighted by Crippen LogP contribution is -2.43. The molecular formula is C15H23N3O. The fraction of sp³-hybridized carbons (Fsp3) is 0.533. The van der Waals surface area contributed by atoms with Crippen molar-refractivity contribution < 1.29 is 4.79 Å².